The number of carbonyl (C=O) groups is 1. The van der Waals surface area contributed by atoms with Crippen molar-refractivity contribution in [2.75, 3.05) is 7.11 Å². The van der Waals surface area contributed by atoms with Crippen molar-refractivity contribution in [3.05, 3.63) is 42.4 Å². The number of phenols is 1. The number of methoxy groups -OCH3 is 1. The van der Waals surface area contributed by atoms with Crippen molar-refractivity contribution in [3.63, 3.8) is 0 Å². The minimum absolute atomic E-state index is 0.0272. The molecule has 0 aliphatic heterocycles. The number of fused-ring (bicyclic) bond motifs is 1. The number of pyridine rings is 1. The number of hydrogen-bond donors (Lipinski definition) is 1. The third-order valence-corrected chi connectivity index (χ3v) is 3.29. The number of nitrogens with zero attached hydrogens (tertiary/aromatic N) is 3. The summed E-state index contributed by atoms with van der Waals surface area (Å²) in [7, 11) is 1.51. The van der Waals surface area contributed by atoms with Gasteiger partial charge >= 0.3 is 0 Å². The van der Waals surface area contributed by atoms with Gasteiger partial charge in [0, 0.05) is 11.8 Å². The number of carbonyl (C=O) groups excluding carboxylic acids is 1. The molecule has 0 bridgehead atoms. The van der Waals surface area contributed by atoms with E-state index in [1.54, 1.807) is 22.7 Å². The van der Waals surface area contributed by atoms with Gasteiger partial charge in [0.25, 0.3) is 0 Å². The van der Waals surface area contributed by atoms with Gasteiger partial charge in [0.15, 0.2) is 23.0 Å². The van der Waals surface area contributed by atoms with Crippen LogP contribution in [-0.4, -0.2) is 32.6 Å². The van der Waals surface area contributed by atoms with Gasteiger partial charge in [-0.05, 0) is 36.8 Å². The number of ether oxygens (including phenoxy) is 1. The summed E-state index contributed by atoms with van der Waals surface area (Å²) in [6, 6.07) is 8.88. The summed E-state index contributed by atoms with van der Waals surface area (Å²) in [5, 5.41) is 14.0. The molecule has 3 rings (SSSR count). The standard InChI is InChI=1S/C16H15N3O3/c1-10(20)7-15-17-16-6-4-12(9-19(16)18-15)11-3-5-13(21)14(8-11)22-2/h3-6,8-9,21H,7H2,1-2H3. The Morgan fingerprint density at radius 1 is 1.27 bits per heavy atom. The second-order valence-electron chi connectivity index (χ2n) is 5.01. The van der Waals surface area contributed by atoms with Crippen LogP contribution in [0.1, 0.15) is 12.7 Å². The Morgan fingerprint density at radius 2 is 2.05 bits per heavy atom. The quantitative estimate of drug-likeness (QED) is 0.799. The molecule has 1 N–H and O–H groups in total. The van der Waals surface area contributed by atoms with Gasteiger partial charge < -0.3 is 9.84 Å². The minimum Gasteiger partial charge on any atom is -0.504 e. The zero-order valence-corrected chi connectivity index (χ0v) is 12.3. The number of rotatable bonds is 4. The summed E-state index contributed by atoms with van der Waals surface area (Å²) in [4.78, 5) is 15.5. The summed E-state index contributed by atoms with van der Waals surface area (Å²) >= 11 is 0. The fraction of sp³-hybridized carbons (Fsp3) is 0.188. The van der Waals surface area contributed by atoms with E-state index in [-0.39, 0.29) is 18.0 Å². The lowest BCUT2D eigenvalue weighted by atomic mass is 10.1. The van der Waals surface area contributed by atoms with Crippen molar-refractivity contribution in [1.29, 1.82) is 0 Å². The van der Waals surface area contributed by atoms with Crippen LogP contribution in [0.25, 0.3) is 16.8 Å². The number of ketones is 1. The number of aromatic hydroxyl groups is 1. The predicted octanol–water partition coefficient (Wildman–Crippen LogP) is 2.24. The Hall–Kier alpha value is -2.89. The van der Waals surface area contributed by atoms with E-state index in [0.29, 0.717) is 17.2 Å². The molecule has 0 saturated heterocycles. The van der Waals surface area contributed by atoms with Crippen LogP contribution < -0.4 is 4.74 Å². The molecule has 2 heterocycles. The lowest BCUT2D eigenvalue weighted by Gasteiger charge is -2.07. The molecule has 6 nitrogen and oxygen atoms in total. The Balaban J connectivity index is 2.02. The van der Waals surface area contributed by atoms with Gasteiger partial charge in [-0.1, -0.05) is 6.07 Å². The van der Waals surface area contributed by atoms with E-state index in [4.69, 9.17) is 4.74 Å². The minimum atomic E-state index is 0.0272. The molecule has 0 spiro atoms. The number of benzene rings is 1. The van der Waals surface area contributed by atoms with E-state index in [2.05, 4.69) is 10.1 Å². The van der Waals surface area contributed by atoms with Crippen molar-refractivity contribution in [1.82, 2.24) is 14.6 Å². The summed E-state index contributed by atoms with van der Waals surface area (Å²) < 4.78 is 6.77. The first-order valence-electron chi connectivity index (χ1n) is 6.79. The number of hydrogen-bond acceptors (Lipinski definition) is 5. The van der Waals surface area contributed by atoms with E-state index < -0.39 is 0 Å². The maximum atomic E-state index is 11.2. The summed E-state index contributed by atoms with van der Waals surface area (Å²) in [6.45, 7) is 1.51. The van der Waals surface area contributed by atoms with Gasteiger partial charge in [0.2, 0.25) is 0 Å². The van der Waals surface area contributed by atoms with Crippen LogP contribution in [0.4, 0.5) is 0 Å². The first-order valence-corrected chi connectivity index (χ1v) is 6.79. The molecule has 0 amide bonds. The summed E-state index contributed by atoms with van der Waals surface area (Å²) in [6.07, 6.45) is 2.06. The second-order valence-corrected chi connectivity index (χ2v) is 5.01. The highest BCUT2D eigenvalue weighted by molar-refractivity contribution is 5.77. The first-order chi connectivity index (χ1) is 10.6. The highest BCUT2D eigenvalue weighted by Crippen LogP contribution is 2.31. The van der Waals surface area contributed by atoms with Gasteiger partial charge in [-0.3, -0.25) is 4.79 Å². The molecule has 0 saturated carbocycles. The molecule has 112 valence electrons. The summed E-state index contributed by atoms with van der Waals surface area (Å²) in [5.41, 5.74) is 2.48. The van der Waals surface area contributed by atoms with Crippen LogP contribution >= 0.6 is 0 Å². The van der Waals surface area contributed by atoms with Crippen LogP contribution in [0.3, 0.4) is 0 Å². The average molecular weight is 297 g/mol. The Morgan fingerprint density at radius 3 is 2.77 bits per heavy atom. The Bertz CT molecular complexity index is 855. The van der Waals surface area contributed by atoms with Crippen molar-refractivity contribution in [3.8, 4) is 22.6 Å². The monoisotopic (exact) mass is 297 g/mol. The topological polar surface area (TPSA) is 76.7 Å². The van der Waals surface area contributed by atoms with Crippen LogP contribution in [0.15, 0.2) is 36.5 Å². The van der Waals surface area contributed by atoms with Crippen LogP contribution in [0.2, 0.25) is 0 Å². The van der Waals surface area contributed by atoms with Gasteiger partial charge in [0.1, 0.15) is 5.78 Å². The van der Waals surface area contributed by atoms with Crippen LogP contribution in [-0.2, 0) is 11.2 Å². The van der Waals surface area contributed by atoms with E-state index in [1.807, 2.05) is 18.3 Å². The van der Waals surface area contributed by atoms with Crippen molar-refractivity contribution < 1.29 is 14.6 Å². The van der Waals surface area contributed by atoms with Crippen molar-refractivity contribution >= 4 is 11.4 Å². The van der Waals surface area contributed by atoms with Crippen LogP contribution in [0.5, 0.6) is 11.5 Å². The van der Waals surface area contributed by atoms with Gasteiger partial charge in [-0.2, -0.15) is 5.10 Å². The SMILES string of the molecule is COc1cc(-c2ccc3nc(CC(C)=O)nn3c2)ccc1O. The first kappa shape index (κ1) is 14.1. The van der Waals surface area contributed by atoms with E-state index >= 15 is 0 Å². The highest BCUT2D eigenvalue weighted by Gasteiger charge is 2.09. The van der Waals surface area contributed by atoms with E-state index in [1.165, 1.54) is 14.0 Å². The lowest BCUT2D eigenvalue weighted by Crippen LogP contribution is -1.98. The molecule has 0 aliphatic rings. The molecule has 0 unspecified atom stereocenters. The molecular weight excluding hydrogens is 282 g/mol. The maximum Gasteiger partial charge on any atom is 0.161 e. The molecule has 3 aromatic rings. The number of phenolic OH excluding ortho intramolecular Hbond substituents is 1. The fourth-order valence-corrected chi connectivity index (χ4v) is 2.25. The third-order valence-electron chi connectivity index (χ3n) is 3.29. The predicted molar refractivity (Wildman–Crippen MR) is 81.0 cm³/mol. The molecule has 1 aromatic carbocycles. The Labute approximate surface area is 127 Å². The molecule has 6 heteroatoms. The van der Waals surface area contributed by atoms with E-state index in [9.17, 15) is 9.90 Å². The number of Topliss-reactive ketones (excluding diaryl/α,β-unsaturated/α-hetero) is 1. The van der Waals surface area contributed by atoms with Gasteiger partial charge in [-0.25, -0.2) is 9.50 Å². The molecular formula is C16H15N3O3. The smallest absolute Gasteiger partial charge is 0.161 e. The van der Waals surface area contributed by atoms with Gasteiger partial charge in [-0.15, -0.1) is 0 Å². The van der Waals surface area contributed by atoms with Crippen LogP contribution in [0, 0.1) is 0 Å². The Kier molecular flexibility index (Phi) is 3.50. The molecule has 22 heavy (non-hydrogen) atoms. The van der Waals surface area contributed by atoms with Crippen molar-refractivity contribution in [2.45, 2.75) is 13.3 Å². The zero-order valence-electron chi connectivity index (χ0n) is 12.3. The molecule has 2 aromatic heterocycles. The lowest BCUT2D eigenvalue weighted by molar-refractivity contribution is -0.116. The second kappa shape index (κ2) is 5.48. The highest BCUT2D eigenvalue weighted by atomic mass is 16.5. The fourth-order valence-electron chi connectivity index (χ4n) is 2.25. The zero-order chi connectivity index (χ0) is 15.7. The number of aromatic nitrogens is 3. The summed E-state index contributed by atoms with van der Waals surface area (Å²) in [5.74, 6) is 1.04. The molecule has 0 aliphatic carbocycles. The molecule has 0 fully saturated rings. The molecule has 0 radical (unpaired) electrons. The maximum absolute atomic E-state index is 11.2. The largest absolute Gasteiger partial charge is 0.504 e. The normalized spacial score (nSPS) is 10.8. The average Bonchev–Trinajstić information content (AvgIpc) is 2.88. The van der Waals surface area contributed by atoms with Gasteiger partial charge in [0.05, 0.1) is 13.5 Å². The third kappa shape index (κ3) is 2.63. The molecule has 0 atom stereocenters. The van der Waals surface area contributed by atoms with E-state index in [0.717, 1.165) is 11.1 Å². The van der Waals surface area contributed by atoms with Crippen molar-refractivity contribution in [2.24, 2.45) is 0 Å².